The second kappa shape index (κ2) is 8.12. The van der Waals surface area contributed by atoms with Gasteiger partial charge in [0.15, 0.2) is 0 Å². The molecule has 0 spiro atoms. The van der Waals surface area contributed by atoms with Gasteiger partial charge in [0.25, 0.3) is 0 Å². The van der Waals surface area contributed by atoms with Crippen LogP contribution in [0.3, 0.4) is 0 Å². The lowest BCUT2D eigenvalue weighted by molar-refractivity contribution is -0.145. The quantitative estimate of drug-likeness (QED) is 0.550. The molecule has 1 saturated carbocycles. The first-order chi connectivity index (χ1) is 14.5. The van der Waals surface area contributed by atoms with Crippen molar-refractivity contribution in [1.82, 2.24) is 9.80 Å². The second-order valence-corrected chi connectivity index (χ2v) is 10.4. The lowest BCUT2D eigenvalue weighted by atomic mass is 9.59. The number of carbonyl (C=O) groups excluding carboxylic acids is 1. The highest BCUT2D eigenvalue weighted by molar-refractivity contribution is 5.76. The highest BCUT2D eigenvalue weighted by Gasteiger charge is 2.53. The maximum atomic E-state index is 12.8. The van der Waals surface area contributed by atoms with Crippen molar-refractivity contribution in [2.24, 2.45) is 17.3 Å². The monoisotopic (exact) mass is 408 g/mol. The molecule has 0 unspecified atom stereocenters. The van der Waals surface area contributed by atoms with E-state index in [4.69, 9.17) is 4.74 Å². The fraction of sp³-hybridized carbons (Fsp3) is 0.654. The highest BCUT2D eigenvalue weighted by atomic mass is 16.6. The molecule has 1 aromatic rings. The van der Waals surface area contributed by atoms with Crippen molar-refractivity contribution in [2.75, 3.05) is 32.7 Å². The predicted octanol–water partition coefficient (Wildman–Crippen LogP) is 4.26. The number of piperazine rings is 1. The molecule has 30 heavy (non-hydrogen) atoms. The van der Waals surface area contributed by atoms with Crippen LogP contribution in [0, 0.1) is 17.3 Å². The molecule has 0 aromatic heterocycles. The van der Waals surface area contributed by atoms with Gasteiger partial charge in [0.1, 0.15) is 6.10 Å². The number of carbonyl (C=O) groups is 1. The molecule has 2 aliphatic carbocycles. The van der Waals surface area contributed by atoms with Crippen LogP contribution in [-0.4, -0.2) is 54.6 Å². The van der Waals surface area contributed by atoms with Gasteiger partial charge in [-0.05, 0) is 50.0 Å². The summed E-state index contributed by atoms with van der Waals surface area (Å²) in [6.45, 7) is 10.9. The highest BCUT2D eigenvalue weighted by Crippen LogP contribution is 2.55. The van der Waals surface area contributed by atoms with Crippen LogP contribution >= 0.6 is 0 Å². The molecule has 2 heterocycles. The van der Waals surface area contributed by atoms with Crippen molar-refractivity contribution in [2.45, 2.75) is 58.6 Å². The molecular weight excluding hydrogens is 372 g/mol. The second-order valence-electron chi connectivity index (χ2n) is 10.4. The summed E-state index contributed by atoms with van der Waals surface area (Å²) in [4.78, 5) is 17.9. The summed E-state index contributed by atoms with van der Waals surface area (Å²) in [7, 11) is 0. The molecule has 2 aliphatic heterocycles. The van der Waals surface area contributed by atoms with Gasteiger partial charge in [0, 0.05) is 45.2 Å². The first-order valence-corrected chi connectivity index (χ1v) is 11.9. The Hall–Kier alpha value is -1.65. The van der Waals surface area contributed by atoms with E-state index in [0.717, 1.165) is 52.1 Å². The van der Waals surface area contributed by atoms with Gasteiger partial charge in [-0.25, -0.2) is 0 Å². The van der Waals surface area contributed by atoms with Gasteiger partial charge in [-0.15, -0.1) is 0 Å². The van der Waals surface area contributed by atoms with E-state index in [-0.39, 0.29) is 23.4 Å². The summed E-state index contributed by atoms with van der Waals surface area (Å²) < 4.78 is 5.97. The first kappa shape index (κ1) is 20.3. The minimum atomic E-state index is 0.0578. The number of rotatable bonds is 4. The molecule has 0 bridgehead atoms. The molecule has 3 fully saturated rings. The number of hydrogen-bond acceptors (Lipinski definition) is 4. The van der Waals surface area contributed by atoms with Crippen molar-refractivity contribution < 1.29 is 9.53 Å². The van der Waals surface area contributed by atoms with E-state index < -0.39 is 0 Å². The molecule has 0 N–H and O–H groups in total. The number of allylic oxidation sites excluding steroid dienone is 2. The molecule has 4 nitrogen and oxygen atoms in total. The summed E-state index contributed by atoms with van der Waals surface area (Å²) in [6, 6.07) is 10.7. The Morgan fingerprint density at radius 1 is 1.10 bits per heavy atom. The third kappa shape index (κ3) is 3.85. The molecule has 2 saturated heterocycles. The van der Waals surface area contributed by atoms with Crippen LogP contribution in [0.25, 0.3) is 0 Å². The lowest BCUT2D eigenvalue weighted by Crippen LogP contribution is -2.49. The van der Waals surface area contributed by atoms with Gasteiger partial charge < -0.3 is 4.74 Å². The average Bonchev–Trinajstić information content (AvgIpc) is 3.02. The number of fused-ring (bicyclic) bond motifs is 2. The van der Waals surface area contributed by atoms with Crippen molar-refractivity contribution in [3.05, 3.63) is 47.0 Å². The maximum Gasteiger partial charge on any atom is 0.310 e. The molecule has 4 aliphatic rings. The van der Waals surface area contributed by atoms with Crippen LogP contribution in [0.4, 0.5) is 0 Å². The van der Waals surface area contributed by atoms with Gasteiger partial charge in [-0.2, -0.15) is 0 Å². The third-order valence-corrected chi connectivity index (χ3v) is 8.35. The van der Waals surface area contributed by atoms with Gasteiger partial charge >= 0.3 is 5.97 Å². The number of nitrogens with zero attached hydrogens (tertiary/aromatic N) is 2. The van der Waals surface area contributed by atoms with Crippen LogP contribution in [0.5, 0.6) is 0 Å². The summed E-state index contributed by atoms with van der Waals surface area (Å²) in [5.41, 5.74) is 4.90. The topological polar surface area (TPSA) is 32.8 Å². The summed E-state index contributed by atoms with van der Waals surface area (Å²) >= 11 is 0. The van der Waals surface area contributed by atoms with Crippen LogP contribution in [-0.2, 0) is 16.1 Å². The molecule has 0 amide bonds. The van der Waals surface area contributed by atoms with E-state index in [0.29, 0.717) is 5.92 Å². The Bertz CT molecular complexity index is 812. The molecule has 0 radical (unpaired) electrons. The SMILES string of the molecule is CC1=C2C[C@H]3[C@H](CN4CCN(Cc5ccccc5)CC4)C(=O)O[C@@H]3C[C@@]2(C)CCC1. The van der Waals surface area contributed by atoms with Crippen LogP contribution in [0.2, 0.25) is 0 Å². The summed E-state index contributed by atoms with van der Waals surface area (Å²) in [5.74, 6) is 0.510. The Labute approximate surface area is 181 Å². The van der Waals surface area contributed by atoms with Crippen molar-refractivity contribution >= 4 is 5.97 Å². The molecule has 5 rings (SSSR count). The smallest absolute Gasteiger partial charge is 0.310 e. The average molecular weight is 409 g/mol. The van der Waals surface area contributed by atoms with Crippen LogP contribution < -0.4 is 0 Å². The van der Waals surface area contributed by atoms with Crippen molar-refractivity contribution in [3.63, 3.8) is 0 Å². The minimum Gasteiger partial charge on any atom is -0.462 e. The third-order valence-electron chi connectivity index (χ3n) is 8.35. The largest absolute Gasteiger partial charge is 0.462 e. The van der Waals surface area contributed by atoms with E-state index in [9.17, 15) is 4.79 Å². The first-order valence-electron chi connectivity index (χ1n) is 11.9. The van der Waals surface area contributed by atoms with E-state index in [2.05, 4.69) is 54.0 Å². The number of esters is 1. The van der Waals surface area contributed by atoms with E-state index in [1.165, 1.54) is 24.8 Å². The molecule has 4 heteroatoms. The fourth-order valence-electron chi connectivity index (χ4n) is 6.57. The zero-order valence-corrected chi connectivity index (χ0v) is 18.6. The summed E-state index contributed by atoms with van der Waals surface area (Å²) in [6.07, 6.45) is 6.05. The number of ether oxygens (including phenoxy) is 1. The Balaban J connectivity index is 1.20. The molecule has 162 valence electrons. The van der Waals surface area contributed by atoms with Crippen molar-refractivity contribution in [1.29, 1.82) is 0 Å². The van der Waals surface area contributed by atoms with E-state index >= 15 is 0 Å². The fourth-order valence-corrected chi connectivity index (χ4v) is 6.57. The van der Waals surface area contributed by atoms with E-state index in [1.807, 2.05) is 0 Å². The Morgan fingerprint density at radius 3 is 2.60 bits per heavy atom. The Kier molecular flexibility index (Phi) is 5.49. The van der Waals surface area contributed by atoms with Crippen molar-refractivity contribution in [3.8, 4) is 0 Å². The number of benzene rings is 1. The van der Waals surface area contributed by atoms with Crippen LogP contribution in [0.15, 0.2) is 41.5 Å². The van der Waals surface area contributed by atoms with Crippen LogP contribution in [0.1, 0.15) is 51.5 Å². The zero-order valence-electron chi connectivity index (χ0n) is 18.6. The van der Waals surface area contributed by atoms with Gasteiger partial charge in [0.2, 0.25) is 0 Å². The summed E-state index contributed by atoms with van der Waals surface area (Å²) in [5, 5.41) is 0. The van der Waals surface area contributed by atoms with Gasteiger partial charge in [-0.3, -0.25) is 14.6 Å². The van der Waals surface area contributed by atoms with Gasteiger partial charge in [0.05, 0.1) is 5.92 Å². The van der Waals surface area contributed by atoms with E-state index in [1.54, 1.807) is 11.1 Å². The normalized spacial score (nSPS) is 35.1. The lowest BCUT2D eigenvalue weighted by Gasteiger charge is -2.46. The predicted molar refractivity (Wildman–Crippen MR) is 119 cm³/mol. The minimum absolute atomic E-state index is 0.0578. The number of hydrogen-bond donors (Lipinski definition) is 0. The standard InChI is InChI=1S/C26H36N2O2/c1-19-7-6-10-26(2)16-24-21(15-23(19)26)22(25(29)30-24)18-28-13-11-27(12-14-28)17-20-8-4-3-5-9-20/h3-5,8-9,21-22,24H,6-7,10-18H2,1-2H3/t21-,22-,24+,26+/m0/s1. The maximum absolute atomic E-state index is 12.8. The Morgan fingerprint density at radius 2 is 1.83 bits per heavy atom. The zero-order chi connectivity index (χ0) is 20.7. The van der Waals surface area contributed by atoms with Gasteiger partial charge in [-0.1, -0.05) is 48.4 Å². The molecule has 4 atom stereocenters. The molecule has 1 aromatic carbocycles. The molecular formula is C26H36N2O2.